The summed E-state index contributed by atoms with van der Waals surface area (Å²) in [5.74, 6) is -0.0466. The van der Waals surface area contributed by atoms with Crippen LogP contribution in [0.25, 0.3) is 0 Å². The molecule has 122 valence electrons. The van der Waals surface area contributed by atoms with Gasteiger partial charge in [-0.2, -0.15) is 0 Å². The van der Waals surface area contributed by atoms with E-state index in [4.69, 9.17) is 0 Å². The highest BCUT2D eigenvalue weighted by Crippen LogP contribution is 2.07. The topological polar surface area (TPSA) is 61.4 Å². The summed E-state index contributed by atoms with van der Waals surface area (Å²) in [5.41, 5.74) is 1.71. The lowest BCUT2D eigenvalue weighted by Crippen LogP contribution is -2.39. The SMILES string of the molecule is CCC[C@@H](C)NC(=O)CN(C)Cc1ccc(C(=O)NC)cc1. The molecule has 0 heterocycles. The van der Waals surface area contributed by atoms with Gasteiger partial charge in [-0.05, 0) is 38.1 Å². The summed E-state index contributed by atoms with van der Waals surface area (Å²) >= 11 is 0. The first-order chi connectivity index (χ1) is 10.5. The highest BCUT2D eigenvalue weighted by Gasteiger charge is 2.10. The zero-order valence-corrected chi connectivity index (χ0v) is 14.0. The minimum Gasteiger partial charge on any atom is -0.355 e. The van der Waals surface area contributed by atoms with Crippen LogP contribution >= 0.6 is 0 Å². The van der Waals surface area contributed by atoms with E-state index in [2.05, 4.69) is 17.6 Å². The van der Waals surface area contributed by atoms with Crippen LogP contribution in [0.4, 0.5) is 0 Å². The van der Waals surface area contributed by atoms with Gasteiger partial charge in [-0.1, -0.05) is 25.5 Å². The maximum absolute atomic E-state index is 11.9. The van der Waals surface area contributed by atoms with Crippen molar-refractivity contribution in [2.75, 3.05) is 20.6 Å². The molecule has 0 saturated carbocycles. The van der Waals surface area contributed by atoms with Crippen LogP contribution in [0.3, 0.4) is 0 Å². The Labute approximate surface area is 133 Å². The normalized spacial score (nSPS) is 12.0. The van der Waals surface area contributed by atoms with E-state index in [9.17, 15) is 9.59 Å². The molecule has 0 saturated heterocycles. The minimum atomic E-state index is -0.0933. The Morgan fingerprint density at radius 1 is 1.23 bits per heavy atom. The predicted octanol–water partition coefficient (Wildman–Crippen LogP) is 1.78. The lowest BCUT2D eigenvalue weighted by atomic mass is 10.1. The maximum atomic E-state index is 11.9. The average Bonchev–Trinajstić information content (AvgIpc) is 2.47. The van der Waals surface area contributed by atoms with Crippen LogP contribution in [0.5, 0.6) is 0 Å². The van der Waals surface area contributed by atoms with E-state index in [1.165, 1.54) is 0 Å². The minimum absolute atomic E-state index is 0.0467. The van der Waals surface area contributed by atoms with Crippen LogP contribution < -0.4 is 10.6 Å². The maximum Gasteiger partial charge on any atom is 0.251 e. The van der Waals surface area contributed by atoms with Gasteiger partial charge < -0.3 is 10.6 Å². The van der Waals surface area contributed by atoms with E-state index in [1.54, 1.807) is 19.2 Å². The van der Waals surface area contributed by atoms with Crippen molar-refractivity contribution in [3.63, 3.8) is 0 Å². The fraction of sp³-hybridized carbons (Fsp3) is 0.529. The zero-order chi connectivity index (χ0) is 16.5. The van der Waals surface area contributed by atoms with Crippen LogP contribution in [0.15, 0.2) is 24.3 Å². The van der Waals surface area contributed by atoms with Gasteiger partial charge in [0.1, 0.15) is 0 Å². The third kappa shape index (κ3) is 6.26. The molecule has 1 rings (SSSR count). The molecular formula is C17H27N3O2. The van der Waals surface area contributed by atoms with Crippen LogP contribution in [0, 0.1) is 0 Å². The molecular weight excluding hydrogens is 278 g/mol. The average molecular weight is 305 g/mol. The summed E-state index contributed by atoms with van der Waals surface area (Å²) in [6.07, 6.45) is 2.06. The van der Waals surface area contributed by atoms with Crippen molar-refractivity contribution < 1.29 is 9.59 Å². The molecule has 0 aliphatic rings. The summed E-state index contributed by atoms with van der Waals surface area (Å²) in [5, 5.41) is 5.59. The van der Waals surface area contributed by atoms with Gasteiger partial charge in [-0.25, -0.2) is 0 Å². The lowest BCUT2D eigenvalue weighted by molar-refractivity contribution is -0.122. The molecule has 0 fully saturated rings. The molecule has 0 bridgehead atoms. The van der Waals surface area contributed by atoms with E-state index < -0.39 is 0 Å². The van der Waals surface area contributed by atoms with Crippen LogP contribution in [-0.4, -0.2) is 43.4 Å². The molecule has 1 aromatic rings. The van der Waals surface area contributed by atoms with Gasteiger partial charge in [0.15, 0.2) is 0 Å². The van der Waals surface area contributed by atoms with Gasteiger partial charge in [0.05, 0.1) is 6.54 Å². The number of nitrogens with one attached hydrogen (secondary N) is 2. The van der Waals surface area contributed by atoms with Crippen molar-refractivity contribution in [3.8, 4) is 0 Å². The smallest absolute Gasteiger partial charge is 0.251 e. The molecule has 0 aliphatic carbocycles. The Balaban J connectivity index is 2.46. The molecule has 0 aromatic heterocycles. The molecule has 5 heteroatoms. The molecule has 22 heavy (non-hydrogen) atoms. The summed E-state index contributed by atoms with van der Waals surface area (Å²) in [6.45, 7) is 5.17. The van der Waals surface area contributed by atoms with Gasteiger partial charge in [-0.3, -0.25) is 14.5 Å². The number of hydrogen-bond donors (Lipinski definition) is 2. The molecule has 1 atom stereocenters. The third-order valence-electron chi connectivity index (χ3n) is 3.44. The molecule has 0 unspecified atom stereocenters. The van der Waals surface area contributed by atoms with E-state index in [0.29, 0.717) is 18.7 Å². The Hall–Kier alpha value is -1.88. The van der Waals surface area contributed by atoms with Crippen molar-refractivity contribution >= 4 is 11.8 Å². The fourth-order valence-corrected chi connectivity index (χ4v) is 2.34. The van der Waals surface area contributed by atoms with Crippen LogP contribution in [0.2, 0.25) is 0 Å². The molecule has 2 amide bonds. The van der Waals surface area contributed by atoms with Gasteiger partial charge in [-0.15, -0.1) is 0 Å². The van der Waals surface area contributed by atoms with Crippen LogP contribution in [0.1, 0.15) is 42.6 Å². The largest absolute Gasteiger partial charge is 0.355 e. The quantitative estimate of drug-likeness (QED) is 0.769. The van der Waals surface area contributed by atoms with Crippen LogP contribution in [-0.2, 0) is 11.3 Å². The Morgan fingerprint density at radius 2 is 1.86 bits per heavy atom. The van der Waals surface area contributed by atoms with E-state index in [0.717, 1.165) is 18.4 Å². The van der Waals surface area contributed by atoms with Crippen molar-refractivity contribution in [3.05, 3.63) is 35.4 Å². The molecule has 5 nitrogen and oxygen atoms in total. The number of likely N-dealkylation sites (N-methyl/N-ethyl adjacent to an activating group) is 1. The van der Waals surface area contributed by atoms with E-state index >= 15 is 0 Å². The third-order valence-corrected chi connectivity index (χ3v) is 3.44. The van der Waals surface area contributed by atoms with Gasteiger partial charge in [0.25, 0.3) is 5.91 Å². The summed E-state index contributed by atoms with van der Waals surface area (Å²) in [7, 11) is 3.53. The Morgan fingerprint density at radius 3 is 2.41 bits per heavy atom. The first kappa shape index (κ1) is 18.2. The standard InChI is InChI=1S/C17H27N3O2/c1-5-6-13(2)19-16(21)12-20(4)11-14-7-9-15(10-8-14)17(22)18-3/h7-10,13H,5-6,11-12H2,1-4H3,(H,18,22)(H,19,21)/t13-/m1/s1. The second-order valence-electron chi connectivity index (χ2n) is 5.71. The molecule has 2 N–H and O–H groups in total. The summed E-state index contributed by atoms with van der Waals surface area (Å²) < 4.78 is 0. The number of nitrogens with zero attached hydrogens (tertiary/aromatic N) is 1. The fourth-order valence-electron chi connectivity index (χ4n) is 2.34. The van der Waals surface area contributed by atoms with Crippen molar-refractivity contribution in [1.29, 1.82) is 0 Å². The Kier molecular flexibility index (Phi) is 7.60. The van der Waals surface area contributed by atoms with Gasteiger partial charge in [0, 0.05) is 25.2 Å². The lowest BCUT2D eigenvalue weighted by Gasteiger charge is -2.19. The van der Waals surface area contributed by atoms with E-state index in [-0.39, 0.29) is 17.9 Å². The number of carbonyl (C=O) groups excluding carboxylic acids is 2. The highest BCUT2D eigenvalue weighted by molar-refractivity contribution is 5.93. The van der Waals surface area contributed by atoms with Crippen molar-refractivity contribution in [2.45, 2.75) is 39.3 Å². The molecule has 1 aromatic carbocycles. The number of carbonyl (C=O) groups is 2. The molecule has 0 aliphatic heterocycles. The number of benzene rings is 1. The summed E-state index contributed by atoms with van der Waals surface area (Å²) in [4.78, 5) is 25.3. The highest BCUT2D eigenvalue weighted by atomic mass is 16.2. The first-order valence-corrected chi connectivity index (χ1v) is 7.75. The van der Waals surface area contributed by atoms with E-state index in [1.807, 2.05) is 31.0 Å². The zero-order valence-electron chi connectivity index (χ0n) is 14.0. The first-order valence-electron chi connectivity index (χ1n) is 7.75. The Bertz CT molecular complexity index is 485. The number of hydrogen-bond acceptors (Lipinski definition) is 3. The molecule has 0 spiro atoms. The predicted molar refractivity (Wildman–Crippen MR) is 88.7 cm³/mol. The van der Waals surface area contributed by atoms with Crippen molar-refractivity contribution in [2.24, 2.45) is 0 Å². The number of rotatable bonds is 8. The second-order valence-corrected chi connectivity index (χ2v) is 5.71. The molecule has 0 radical (unpaired) electrons. The van der Waals surface area contributed by atoms with Gasteiger partial charge in [0.2, 0.25) is 5.91 Å². The number of amides is 2. The summed E-state index contributed by atoms with van der Waals surface area (Å²) in [6, 6.07) is 7.64. The monoisotopic (exact) mass is 305 g/mol. The van der Waals surface area contributed by atoms with Gasteiger partial charge >= 0.3 is 0 Å². The van der Waals surface area contributed by atoms with Crippen molar-refractivity contribution in [1.82, 2.24) is 15.5 Å². The second kappa shape index (κ2) is 9.20.